The van der Waals surface area contributed by atoms with Crippen molar-refractivity contribution >= 4 is 0 Å². The zero-order chi connectivity index (χ0) is 14.4. The maximum atomic E-state index is 13.5. The molecule has 1 aromatic rings. The van der Waals surface area contributed by atoms with Gasteiger partial charge in [-0.05, 0) is 38.1 Å². The first kappa shape index (κ1) is 15.3. The van der Waals surface area contributed by atoms with Gasteiger partial charge in [-0.3, -0.25) is 0 Å². The van der Waals surface area contributed by atoms with E-state index in [9.17, 15) is 4.39 Å². The molecule has 0 radical (unpaired) electrons. The number of halogens is 1. The van der Waals surface area contributed by atoms with E-state index in [1.165, 1.54) is 6.07 Å². The largest absolute Gasteiger partial charge is 0.490 e. The van der Waals surface area contributed by atoms with Gasteiger partial charge < -0.3 is 14.8 Å². The number of ether oxygens (including phenoxy) is 2. The van der Waals surface area contributed by atoms with Crippen LogP contribution in [-0.2, 0) is 4.74 Å². The van der Waals surface area contributed by atoms with Crippen molar-refractivity contribution in [1.82, 2.24) is 5.32 Å². The Morgan fingerprint density at radius 2 is 2.15 bits per heavy atom. The van der Waals surface area contributed by atoms with Gasteiger partial charge in [-0.25, -0.2) is 4.39 Å². The Labute approximate surface area is 120 Å². The highest BCUT2D eigenvalue weighted by Crippen LogP contribution is 2.28. The highest BCUT2D eigenvalue weighted by atomic mass is 19.1. The van der Waals surface area contributed by atoms with Crippen LogP contribution >= 0.6 is 0 Å². The molecule has 1 aliphatic heterocycles. The van der Waals surface area contributed by atoms with Crippen LogP contribution in [0.5, 0.6) is 5.75 Å². The molecule has 1 atom stereocenters. The van der Waals surface area contributed by atoms with E-state index in [-0.39, 0.29) is 18.0 Å². The molecular formula is C16H24FNO2. The third-order valence-corrected chi connectivity index (χ3v) is 3.60. The monoisotopic (exact) mass is 281 g/mol. The first-order valence-electron chi connectivity index (χ1n) is 7.48. The SMILES string of the molecule is CCCNC(C)c1cc(F)ccc1OC1CCOCC1. The van der Waals surface area contributed by atoms with E-state index in [0.717, 1.165) is 50.3 Å². The molecule has 1 unspecified atom stereocenters. The summed E-state index contributed by atoms with van der Waals surface area (Å²) in [5.74, 6) is 0.568. The molecule has 2 rings (SSSR count). The van der Waals surface area contributed by atoms with Crippen molar-refractivity contribution in [1.29, 1.82) is 0 Å². The summed E-state index contributed by atoms with van der Waals surface area (Å²) in [6.45, 7) is 6.55. The second kappa shape index (κ2) is 7.60. The highest BCUT2D eigenvalue weighted by molar-refractivity contribution is 5.36. The lowest BCUT2D eigenvalue weighted by Gasteiger charge is -2.26. The fraction of sp³-hybridized carbons (Fsp3) is 0.625. The summed E-state index contributed by atoms with van der Waals surface area (Å²) in [4.78, 5) is 0. The molecule has 1 fully saturated rings. The molecule has 0 aliphatic carbocycles. The molecule has 1 heterocycles. The first-order chi connectivity index (χ1) is 9.70. The summed E-state index contributed by atoms with van der Waals surface area (Å²) in [7, 11) is 0. The molecule has 0 aromatic heterocycles. The zero-order valence-corrected chi connectivity index (χ0v) is 12.3. The Kier molecular flexibility index (Phi) is 5.80. The van der Waals surface area contributed by atoms with Crippen molar-refractivity contribution in [2.75, 3.05) is 19.8 Å². The topological polar surface area (TPSA) is 30.5 Å². The summed E-state index contributed by atoms with van der Waals surface area (Å²) >= 11 is 0. The van der Waals surface area contributed by atoms with E-state index < -0.39 is 0 Å². The van der Waals surface area contributed by atoms with E-state index in [4.69, 9.17) is 9.47 Å². The van der Waals surface area contributed by atoms with Crippen LogP contribution in [0.25, 0.3) is 0 Å². The van der Waals surface area contributed by atoms with Gasteiger partial charge in [0.2, 0.25) is 0 Å². The molecule has 0 bridgehead atoms. The minimum Gasteiger partial charge on any atom is -0.490 e. The molecule has 112 valence electrons. The van der Waals surface area contributed by atoms with Crippen LogP contribution in [0.3, 0.4) is 0 Å². The van der Waals surface area contributed by atoms with Crippen molar-refractivity contribution in [2.24, 2.45) is 0 Å². The first-order valence-corrected chi connectivity index (χ1v) is 7.48. The van der Waals surface area contributed by atoms with Crippen LogP contribution in [0.15, 0.2) is 18.2 Å². The molecule has 1 aromatic carbocycles. The fourth-order valence-corrected chi connectivity index (χ4v) is 2.41. The highest BCUT2D eigenvalue weighted by Gasteiger charge is 2.19. The number of hydrogen-bond acceptors (Lipinski definition) is 3. The Morgan fingerprint density at radius 3 is 2.85 bits per heavy atom. The zero-order valence-electron chi connectivity index (χ0n) is 12.3. The van der Waals surface area contributed by atoms with Gasteiger partial charge in [0.25, 0.3) is 0 Å². The van der Waals surface area contributed by atoms with Gasteiger partial charge in [-0.1, -0.05) is 6.92 Å². The van der Waals surface area contributed by atoms with E-state index in [1.54, 1.807) is 12.1 Å². The van der Waals surface area contributed by atoms with Crippen molar-refractivity contribution in [2.45, 2.75) is 45.3 Å². The van der Waals surface area contributed by atoms with Gasteiger partial charge in [-0.2, -0.15) is 0 Å². The summed E-state index contributed by atoms with van der Waals surface area (Å²) in [6, 6.07) is 4.86. The normalized spacial score (nSPS) is 17.9. The minimum absolute atomic E-state index is 0.0838. The number of rotatable bonds is 6. The second-order valence-corrected chi connectivity index (χ2v) is 5.29. The van der Waals surface area contributed by atoms with E-state index >= 15 is 0 Å². The summed E-state index contributed by atoms with van der Waals surface area (Å²) in [5.41, 5.74) is 0.893. The molecule has 4 heteroatoms. The predicted octanol–water partition coefficient (Wildman–Crippen LogP) is 3.44. The number of hydrogen-bond donors (Lipinski definition) is 1. The van der Waals surface area contributed by atoms with Crippen molar-refractivity contribution in [3.63, 3.8) is 0 Å². The van der Waals surface area contributed by atoms with Crippen LogP contribution in [0.4, 0.5) is 4.39 Å². The molecule has 1 N–H and O–H groups in total. The van der Waals surface area contributed by atoms with Gasteiger partial charge in [0, 0.05) is 24.4 Å². The average molecular weight is 281 g/mol. The van der Waals surface area contributed by atoms with Crippen molar-refractivity contribution < 1.29 is 13.9 Å². The molecule has 20 heavy (non-hydrogen) atoms. The smallest absolute Gasteiger partial charge is 0.124 e. The Hall–Kier alpha value is -1.13. The molecule has 0 amide bonds. The van der Waals surface area contributed by atoms with Crippen LogP contribution in [-0.4, -0.2) is 25.9 Å². The van der Waals surface area contributed by atoms with Gasteiger partial charge in [-0.15, -0.1) is 0 Å². The molecule has 1 aliphatic rings. The average Bonchev–Trinajstić information content (AvgIpc) is 2.47. The fourth-order valence-electron chi connectivity index (χ4n) is 2.41. The lowest BCUT2D eigenvalue weighted by Crippen LogP contribution is -2.27. The molecule has 3 nitrogen and oxygen atoms in total. The summed E-state index contributed by atoms with van der Waals surface area (Å²) in [5, 5.41) is 3.38. The third-order valence-electron chi connectivity index (χ3n) is 3.60. The van der Waals surface area contributed by atoms with Crippen LogP contribution in [0, 0.1) is 5.82 Å². The third kappa shape index (κ3) is 4.18. The van der Waals surface area contributed by atoms with Gasteiger partial charge in [0.1, 0.15) is 17.7 Å². The van der Waals surface area contributed by atoms with E-state index in [1.807, 2.05) is 6.92 Å². The van der Waals surface area contributed by atoms with Gasteiger partial charge in [0.15, 0.2) is 0 Å². The van der Waals surface area contributed by atoms with Crippen LogP contribution in [0.1, 0.15) is 44.7 Å². The maximum absolute atomic E-state index is 13.5. The lowest BCUT2D eigenvalue weighted by atomic mass is 10.1. The Balaban J connectivity index is 2.09. The molecule has 1 saturated heterocycles. The number of nitrogens with one attached hydrogen (secondary N) is 1. The van der Waals surface area contributed by atoms with E-state index in [2.05, 4.69) is 12.2 Å². The number of benzene rings is 1. The molecular weight excluding hydrogens is 257 g/mol. The van der Waals surface area contributed by atoms with Crippen LogP contribution < -0.4 is 10.1 Å². The Morgan fingerprint density at radius 1 is 1.40 bits per heavy atom. The van der Waals surface area contributed by atoms with Crippen molar-refractivity contribution in [3.05, 3.63) is 29.6 Å². The Bertz CT molecular complexity index is 419. The van der Waals surface area contributed by atoms with Crippen molar-refractivity contribution in [3.8, 4) is 5.75 Å². The minimum atomic E-state index is -0.218. The maximum Gasteiger partial charge on any atom is 0.124 e. The van der Waals surface area contributed by atoms with Crippen LogP contribution in [0.2, 0.25) is 0 Å². The summed E-state index contributed by atoms with van der Waals surface area (Å²) < 4.78 is 24.9. The van der Waals surface area contributed by atoms with E-state index in [0.29, 0.717) is 0 Å². The van der Waals surface area contributed by atoms with Gasteiger partial charge >= 0.3 is 0 Å². The summed E-state index contributed by atoms with van der Waals surface area (Å²) in [6.07, 6.45) is 3.02. The van der Waals surface area contributed by atoms with Gasteiger partial charge in [0.05, 0.1) is 13.2 Å². The molecule has 0 spiro atoms. The predicted molar refractivity (Wildman–Crippen MR) is 77.6 cm³/mol. The molecule has 0 saturated carbocycles. The standard InChI is InChI=1S/C16H24FNO2/c1-3-8-18-12(2)15-11-13(17)4-5-16(15)20-14-6-9-19-10-7-14/h4-5,11-12,14,18H,3,6-10H2,1-2H3. The quantitative estimate of drug-likeness (QED) is 0.866. The lowest BCUT2D eigenvalue weighted by molar-refractivity contribution is 0.0250. The second-order valence-electron chi connectivity index (χ2n) is 5.29.